The van der Waals surface area contributed by atoms with Crippen molar-refractivity contribution in [2.45, 2.75) is 36.6 Å². The Balaban J connectivity index is 2.69. The van der Waals surface area contributed by atoms with Gasteiger partial charge in [-0.1, -0.05) is 34.8 Å². The molecular weight excluding hydrogens is 307 g/mol. The van der Waals surface area contributed by atoms with Gasteiger partial charge in [-0.2, -0.15) is 0 Å². The molecule has 0 amide bonds. The van der Waals surface area contributed by atoms with Crippen LogP contribution in [0.2, 0.25) is 0 Å². The minimum Gasteiger partial charge on any atom is -0.324 e. The maximum atomic E-state index is 6.05. The lowest BCUT2D eigenvalue weighted by Crippen LogP contribution is -2.38. The lowest BCUT2D eigenvalue weighted by Gasteiger charge is -2.22. The second kappa shape index (κ2) is 4.77. The number of hydrogen-bond acceptors (Lipinski definition) is 3. The monoisotopic (exact) mass is 320 g/mol. The zero-order valence-corrected chi connectivity index (χ0v) is 13.2. The van der Waals surface area contributed by atoms with Crippen LogP contribution in [0.5, 0.6) is 0 Å². The van der Waals surface area contributed by atoms with Crippen LogP contribution in [-0.2, 0) is 10.3 Å². The minimum absolute atomic E-state index is 0.337. The number of fused-ring (bicyclic) bond motifs is 1. The fourth-order valence-corrected chi connectivity index (χ4v) is 2.32. The highest BCUT2D eigenvalue weighted by Crippen LogP contribution is 2.39. The molecule has 2 rings (SSSR count). The number of aromatic nitrogens is 3. The predicted octanol–water partition coefficient (Wildman–Crippen LogP) is 3.30. The zero-order valence-electron chi connectivity index (χ0n) is 10.9. The van der Waals surface area contributed by atoms with Crippen LogP contribution in [0.4, 0.5) is 0 Å². The molecule has 0 aliphatic carbocycles. The molecule has 0 aliphatic heterocycles. The normalized spacial score (nSPS) is 13.2. The number of pyridine rings is 1. The molecule has 0 bridgehead atoms. The third kappa shape index (κ3) is 3.31. The van der Waals surface area contributed by atoms with Crippen LogP contribution >= 0.6 is 34.8 Å². The van der Waals surface area contributed by atoms with Gasteiger partial charge in [0.25, 0.3) is 0 Å². The highest BCUT2D eigenvalue weighted by atomic mass is 35.6. The van der Waals surface area contributed by atoms with Crippen LogP contribution in [0.25, 0.3) is 11.2 Å². The maximum absolute atomic E-state index is 6.05. The summed E-state index contributed by atoms with van der Waals surface area (Å²) in [6, 6.07) is 1.91. The molecule has 0 radical (unpaired) electrons. The molecule has 0 fully saturated rings. The topological polar surface area (TPSA) is 56.7 Å². The Morgan fingerprint density at radius 3 is 2.47 bits per heavy atom. The molecule has 104 valence electrons. The van der Waals surface area contributed by atoms with Crippen LogP contribution in [0.3, 0.4) is 0 Å². The number of halogens is 3. The first-order valence-corrected chi connectivity index (χ1v) is 6.90. The number of nitrogens with zero attached hydrogens (tertiary/aromatic N) is 3. The van der Waals surface area contributed by atoms with E-state index >= 15 is 0 Å². The summed E-state index contributed by atoms with van der Waals surface area (Å²) < 4.78 is 0.154. The van der Waals surface area contributed by atoms with E-state index in [-0.39, 0.29) is 0 Å². The van der Waals surface area contributed by atoms with Gasteiger partial charge in [0.05, 0.1) is 0 Å². The minimum atomic E-state index is -1.61. The standard InChI is InChI=1S/C12H15Cl3N4/c1-7-4-8-9(17-5-7)19(6-11(2,3)16)10(18-8)12(13,14)15/h4-5H,6,16H2,1-3H3. The third-order valence-corrected chi connectivity index (χ3v) is 3.05. The van der Waals surface area contributed by atoms with Crippen molar-refractivity contribution >= 4 is 46.0 Å². The van der Waals surface area contributed by atoms with Crippen LogP contribution in [-0.4, -0.2) is 20.1 Å². The summed E-state index contributed by atoms with van der Waals surface area (Å²) in [4.78, 5) is 8.75. The van der Waals surface area contributed by atoms with Crippen molar-refractivity contribution in [3.8, 4) is 0 Å². The molecular formula is C12H15Cl3N4. The summed E-state index contributed by atoms with van der Waals surface area (Å²) in [7, 11) is 0. The van der Waals surface area contributed by atoms with Crippen LogP contribution in [0.15, 0.2) is 12.3 Å². The first kappa shape index (κ1) is 14.9. The molecule has 0 saturated heterocycles. The molecule has 0 unspecified atom stereocenters. The molecule has 0 saturated carbocycles. The SMILES string of the molecule is Cc1cnc2c(c1)nc(C(Cl)(Cl)Cl)n2CC(C)(C)N. The Morgan fingerprint density at radius 1 is 1.32 bits per heavy atom. The van der Waals surface area contributed by atoms with Crippen molar-refractivity contribution in [3.05, 3.63) is 23.7 Å². The van der Waals surface area contributed by atoms with Gasteiger partial charge in [0.2, 0.25) is 3.79 Å². The van der Waals surface area contributed by atoms with Crippen LogP contribution in [0, 0.1) is 6.92 Å². The molecule has 0 spiro atoms. The van der Waals surface area contributed by atoms with Crippen molar-refractivity contribution < 1.29 is 0 Å². The Morgan fingerprint density at radius 2 is 1.95 bits per heavy atom. The van der Waals surface area contributed by atoms with Gasteiger partial charge in [-0.05, 0) is 32.4 Å². The van der Waals surface area contributed by atoms with Crippen molar-refractivity contribution in [1.82, 2.24) is 14.5 Å². The number of alkyl halides is 3. The van der Waals surface area contributed by atoms with Gasteiger partial charge in [0.15, 0.2) is 11.5 Å². The van der Waals surface area contributed by atoms with Crippen molar-refractivity contribution in [2.24, 2.45) is 5.73 Å². The number of rotatable bonds is 2. The Labute approximate surface area is 126 Å². The average molecular weight is 322 g/mol. The third-order valence-electron chi connectivity index (χ3n) is 2.54. The number of hydrogen-bond donors (Lipinski definition) is 1. The maximum Gasteiger partial charge on any atom is 0.248 e. The molecule has 2 N–H and O–H groups in total. The second-order valence-electron chi connectivity index (χ2n) is 5.36. The summed E-state index contributed by atoms with van der Waals surface area (Å²) in [5.74, 6) is 0.337. The molecule has 4 nitrogen and oxygen atoms in total. The summed E-state index contributed by atoms with van der Waals surface area (Å²) in [6.07, 6.45) is 1.76. The molecule has 19 heavy (non-hydrogen) atoms. The van der Waals surface area contributed by atoms with E-state index in [1.54, 1.807) is 10.8 Å². The van der Waals surface area contributed by atoms with E-state index in [1.807, 2.05) is 26.8 Å². The quantitative estimate of drug-likeness (QED) is 0.863. The summed E-state index contributed by atoms with van der Waals surface area (Å²) in [5, 5.41) is 0. The van der Waals surface area contributed by atoms with E-state index in [4.69, 9.17) is 40.5 Å². The molecule has 0 aliphatic rings. The molecule has 7 heteroatoms. The van der Waals surface area contributed by atoms with E-state index in [0.717, 1.165) is 5.56 Å². The van der Waals surface area contributed by atoms with Gasteiger partial charge in [0, 0.05) is 18.3 Å². The fraction of sp³-hybridized carbons (Fsp3) is 0.500. The molecule has 2 aromatic heterocycles. The Hall–Kier alpha value is -0.550. The summed E-state index contributed by atoms with van der Waals surface area (Å²) >= 11 is 17.9. The van der Waals surface area contributed by atoms with E-state index in [1.165, 1.54) is 0 Å². The van der Waals surface area contributed by atoms with E-state index in [0.29, 0.717) is 23.5 Å². The zero-order chi connectivity index (χ0) is 14.4. The number of nitrogens with two attached hydrogens (primary N) is 1. The molecule has 2 aromatic rings. The van der Waals surface area contributed by atoms with Gasteiger partial charge in [-0.3, -0.25) is 0 Å². The van der Waals surface area contributed by atoms with Gasteiger partial charge in [-0.15, -0.1) is 0 Å². The van der Waals surface area contributed by atoms with Crippen LogP contribution < -0.4 is 5.73 Å². The molecule has 0 aromatic carbocycles. The van der Waals surface area contributed by atoms with Gasteiger partial charge in [-0.25, -0.2) is 9.97 Å². The largest absolute Gasteiger partial charge is 0.324 e. The van der Waals surface area contributed by atoms with Gasteiger partial charge >= 0.3 is 0 Å². The lowest BCUT2D eigenvalue weighted by molar-refractivity contribution is 0.431. The van der Waals surface area contributed by atoms with E-state index in [9.17, 15) is 0 Å². The summed E-state index contributed by atoms with van der Waals surface area (Å²) in [6.45, 7) is 6.19. The van der Waals surface area contributed by atoms with E-state index < -0.39 is 9.33 Å². The van der Waals surface area contributed by atoms with Crippen molar-refractivity contribution in [3.63, 3.8) is 0 Å². The van der Waals surface area contributed by atoms with Crippen LogP contribution in [0.1, 0.15) is 25.2 Å². The first-order valence-electron chi connectivity index (χ1n) is 5.77. The smallest absolute Gasteiger partial charge is 0.248 e. The predicted molar refractivity (Wildman–Crippen MR) is 79.8 cm³/mol. The van der Waals surface area contributed by atoms with E-state index in [2.05, 4.69) is 9.97 Å². The number of aryl methyl sites for hydroxylation is 1. The van der Waals surface area contributed by atoms with Crippen molar-refractivity contribution in [2.75, 3.05) is 0 Å². The highest BCUT2D eigenvalue weighted by molar-refractivity contribution is 6.66. The summed E-state index contributed by atoms with van der Waals surface area (Å²) in [5.41, 5.74) is 7.96. The first-order chi connectivity index (χ1) is 8.58. The fourth-order valence-electron chi connectivity index (χ4n) is 1.89. The Kier molecular flexibility index (Phi) is 3.73. The highest BCUT2D eigenvalue weighted by Gasteiger charge is 2.32. The Bertz CT molecular complexity index is 608. The number of imidazole rings is 1. The molecule has 0 atom stereocenters. The molecule has 2 heterocycles. The van der Waals surface area contributed by atoms with Crippen molar-refractivity contribution in [1.29, 1.82) is 0 Å². The average Bonchev–Trinajstić information content (AvgIpc) is 2.53. The van der Waals surface area contributed by atoms with Gasteiger partial charge < -0.3 is 10.3 Å². The second-order valence-corrected chi connectivity index (χ2v) is 7.64. The lowest BCUT2D eigenvalue weighted by atomic mass is 10.1. The van der Waals surface area contributed by atoms with Gasteiger partial charge in [0.1, 0.15) is 5.52 Å².